The number of likely N-dealkylation sites (tertiary alicyclic amines) is 1. The Morgan fingerprint density at radius 3 is 2.75 bits per heavy atom. The van der Waals surface area contributed by atoms with Crippen LogP contribution in [0.3, 0.4) is 0 Å². The molecule has 1 aliphatic rings. The van der Waals surface area contributed by atoms with E-state index in [2.05, 4.69) is 30.0 Å². The lowest BCUT2D eigenvalue weighted by Gasteiger charge is -2.30. The molecule has 0 aromatic heterocycles. The minimum absolute atomic E-state index is 0.746. The standard InChI is InChI=1S/C14H18N2/c1-12-3-2-8-16(10-12)11-14-6-4-13(9-15)5-7-14/h4-7,12H,2-3,8,10-11H2,1H3/t12-/m0/s1. The van der Waals surface area contributed by atoms with Gasteiger partial charge in [0.2, 0.25) is 0 Å². The minimum atomic E-state index is 0.746. The van der Waals surface area contributed by atoms with Crippen LogP contribution in [0.25, 0.3) is 0 Å². The fourth-order valence-corrected chi connectivity index (χ4v) is 2.37. The highest BCUT2D eigenvalue weighted by Crippen LogP contribution is 2.17. The average molecular weight is 214 g/mol. The quantitative estimate of drug-likeness (QED) is 0.757. The highest BCUT2D eigenvalue weighted by Gasteiger charge is 2.15. The molecule has 0 radical (unpaired) electrons. The van der Waals surface area contributed by atoms with E-state index in [0.29, 0.717) is 0 Å². The van der Waals surface area contributed by atoms with Crippen LogP contribution in [0, 0.1) is 17.2 Å². The summed E-state index contributed by atoms with van der Waals surface area (Å²) in [6.07, 6.45) is 2.68. The summed E-state index contributed by atoms with van der Waals surface area (Å²) in [5.41, 5.74) is 2.06. The third-order valence-electron chi connectivity index (χ3n) is 3.23. The fourth-order valence-electron chi connectivity index (χ4n) is 2.37. The molecule has 1 heterocycles. The van der Waals surface area contributed by atoms with E-state index in [1.807, 2.05) is 12.1 Å². The Kier molecular flexibility index (Phi) is 3.58. The van der Waals surface area contributed by atoms with Gasteiger partial charge in [0.1, 0.15) is 0 Å². The maximum Gasteiger partial charge on any atom is 0.0991 e. The second kappa shape index (κ2) is 5.14. The number of nitriles is 1. The lowest BCUT2D eigenvalue weighted by Crippen LogP contribution is -2.33. The summed E-state index contributed by atoms with van der Waals surface area (Å²) < 4.78 is 0. The fraction of sp³-hybridized carbons (Fsp3) is 0.500. The van der Waals surface area contributed by atoms with Crippen molar-refractivity contribution < 1.29 is 0 Å². The lowest BCUT2D eigenvalue weighted by molar-refractivity contribution is 0.176. The molecule has 1 atom stereocenters. The topological polar surface area (TPSA) is 27.0 Å². The van der Waals surface area contributed by atoms with Gasteiger partial charge < -0.3 is 0 Å². The number of hydrogen-bond acceptors (Lipinski definition) is 2. The minimum Gasteiger partial charge on any atom is -0.299 e. The van der Waals surface area contributed by atoms with E-state index in [1.165, 1.54) is 31.5 Å². The molecule has 0 spiro atoms. The first-order valence-electron chi connectivity index (χ1n) is 5.99. The van der Waals surface area contributed by atoms with Gasteiger partial charge in [-0.2, -0.15) is 5.26 Å². The highest BCUT2D eigenvalue weighted by atomic mass is 15.1. The summed E-state index contributed by atoms with van der Waals surface area (Å²) in [5.74, 6) is 0.826. The molecule has 0 bridgehead atoms. The van der Waals surface area contributed by atoms with Gasteiger partial charge in [-0.1, -0.05) is 19.1 Å². The SMILES string of the molecule is C[C@H]1CCCN(Cc2ccc(C#N)cc2)C1. The zero-order valence-electron chi connectivity index (χ0n) is 9.82. The zero-order valence-corrected chi connectivity index (χ0v) is 9.82. The molecule has 0 saturated carbocycles. The van der Waals surface area contributed by atoms with Crippen molar-refractivity contribution in [2.75, 3.05) is 13.1 Å². The second-order valence-electron chi connectivity index (χ2n) is 4.79. The molecule has 1 aliphatic heterocycles. The molecule has 84 valence electrons. The molecule has 2 nitrogen and oxygen atoms in total. The van der Waals surface area contributed by atoms with Gasteiger partial charge in [-0.3, -0.25) is 4.90 Å². The van der Waals surface area contributed by atoms with E-state index >= 15 is 0 Å². The maximum atomic E-state index is 8.72. The van der Waals surface area contributed by atoms with Crippen molar-refractivity contribution >= 4 is 0 Å². The Bertz CT molecular complexity index is 375. The van der Waals surface area contributed by atoms with Crippen molar-refractivity contribution in [1.82, 2.24) is 4.90 Å². The molecule has 1 aromatic rings. The number of piperidine rings is 1. The first-order valence-corrected chi connectivity index (χ1v) is 5.99. The van der Waals surface area contributed by atoms with Gasteiger partial charge in [-0.15, -0.1) is 0 Å². The largest absolute Gasteiger partial charge is 0.299 e. The molecule has 2 rings (SSSR count). The van der Waals surface area contributed by atoms with Crippen molar-refractivity contribution in [1.29, 1.82) is 5.26 Å². The van der Waals surface area contributed by atoms with E-state index < -0.39 is 0 Å². The zero-order chi connectivity index (χ0) is 11.4. The van der Waals surface area contributed by atoms with Crippen LogP contribution in [0.2, 0.25) is 0 Å². The number of nitrogens with zero attached hydrogens (tertiary/aromatic N) is 2. The van der Waals surface area contributed by atoms with Crippen molar-refractivity contribution in [3.8, 4) is 6.07 Å². The van der Waals surface area contributed by atoms with Crippen LogP contribution < -0.4 is 0 Å². The molecule has 1 aromatic carbocycles. The highest BCUT2D eigenvalue weighted by molar-refractivity contribution is 5.31. The molecule has 0 unspecified atom stereocenters. The monoisotopic (exact) mass is 214 g/mol. The van der Waals surface area contributed by atoms with Crippen LogP contribution in [0.15, 0.2) is 24.3 Å². The van der Waals surface area contributed by atoms with Crippen LogP contribution in [0.5, 0.6) is 0 Å². The van der Waals surface area contributed by atoms with Crippen molar-refractivity contribution in [2.45, 2.75) is 26.3 Å². The normalized spacial score (nSPS) is 21.6. The van der Waals surface area contributed by atoms with Gasteiger partial charge in [-0.05, 0) is 43.0 Å². The van der Waals surface area contributed by atoms with Gasteiger partial charge in [0, 0.05) is 13.1 Å². The van der Waals surface area contributed by atoms with Crippen molar-refractivity contribution in [3.63, 3.8) is 0 Å². The average Bonchev–Trinajstić information content (AvgIpc) is 2.30. The van der Waals surface area contributed by atoms with E-state index in [9.17, 15) is 0 Å². The van der Waals surface area contributed by atoms with E-state index in [-0.39, 0.29) is 0 Å². The van der Waals surface area contributed by atoms with Crippen LogP contribution in [0.1, 0.15) is 30.9 Å². The second-order valence-corrected chi connectivity index (χ2v) is 4.79. The van der Waals surface area contributed by atoms with Crippen LogP contribution in [-0.4, -0.2) is 18.0 Å². The summed E-state index contributed by atoms with van der Waals surface area (Å²) in [5, 5.41) is 8.72. The summed E-state index contributed by atoms with van der Waals surface area (Å²) >= 11 is 0. The third-order valence-corrected chi connectivity index (χ3v) is 3.23. The van der Waals surface area contributed by atoms with Crippen molar-refractivity contribution in [2.24, 2.45) is 5.92 Å². The summed E-state index contributed by atoms with van der Waals surface area (Å²) in [4.78, 5) is 2.51. The first-order chi connectivity index (χ1) is 7.78. The predicted molar refractivity (Wildman–Crippen MR) is 64.8 cm³/mol. The molecule has 0 aliphatic carbocycles. The Labute approximate surface area is 97.5 Å². The molecule has 1 saturated heterocycles. The van der Waals surface area contributed by atoms with Gasteiger partial charge in [0.05, 0.1) is 11.6 Å². The molecular weight excluding hydrogens is 196 g/mol. The molecule has 0 amide bonds. The Balaban J connectivity index is 1.95. The van der Waals surface area contributed by atoms with Crippen LogP contribution in [-0.2, 0) is 6.54 Å². The third kappa shape index (κ3) is 2.84. The Hall–Kier alpha value is -1.33. The molecular formula is C14H18N2. The number of hydrogen-bond donors (Lipinski definition) is 0. The molecule has 1 fully saturated rings. The Morgan fingerprint density at radius 2 is 2.12 bits per heavy atom. The first kappa shape index (κ1) is 11.2. The van der Waals surface area contributed by atoms with E-state index in [0.717, 1.165) is 18.0 Å². The van der Waals surface area contributed by atoms with Gasteiger partial charge >= 0.3 is 0 Å². The Morgan fingerprint density at radius 1 is 1.38 bits per heavy atom. The van der Waals surface area contributed by atoms with Crippen LogP contribution >= 0.6 is 0 Å². The summed E-state index contributed by atoms with van der Waals surface area (Å²) in [6, 6.07) is 10.1. The summed E-state index contributed by atoms with van der Waals surface area (Å²) in [6.45, 7) is 5.77. The van der Waals surface area contributed by atoms with Gasteiger partial charge in [0.15, 0.2) is 0 Å². The number of rotatable bonds is 2. The van der Waals surface area contributed by atoms with E-state index in [4.69, 9.17) is 5.26 Å². The molecule has 16 heavy (non-hydrogen) atoms. The maximum absolute atomic E-state index is 8.72. The van der Waals surface area contributed by atoms with Crippen LogP contribution in [0.4, 0.5) is 0 Å². The van der Waals surface area contributed by atoms with E-state index in [1.54, 1.807) is 0 Å². The molecule has 2 heteroatoms. The lowest BCUT2D eigenvalue weighted by atomic mass is 10.00. The van der Waals surface area contributed by atoms with Gasteiger partial charge in [-0.25, -0.2) is 0 Å². The smallest absolute Gasteiger partial charge is 0.0991 e. The number of benzene rings is 1. The van der Waals surface area contributed by atoms with Crippen molar-refractivity contribution in [3.05, 3.63) is 35.4 Å². The van der Waals surface area contributed by atoms with Gasteiger partial charge in [0.25, 0.3) is 0 Å². The predicted octanol–water partition coefficient (Wildman–Crippen LogP) is 2.79. The summed E-state index contributed by atoms with van der Waals surface area (Å²) in [7, 11) is 0. The molecule has 0 N–H and O–H groups in total.